The summed E-state index contributed by atoms with van der Waals surface area (Å²) in [6, 6.07) is 4.12. The standard InChI is InChI=1S/C14H20N4O/c1-4-18-13(16-9-17-18)8-19-14-10(2)5-12(7-15)6-11(14)3/h5-6,9H,4,7-8,15H2,1-3H3. The van der Waals surface area contributed by atoms with Crippen LogP contribution in [0.1, 0.15) is 29.4 Å². The molecule has 0 saturated heterocycles. The average molecular weight is 260 g/mol. The first-order valence-corrected chi connectivity index (χ1v) is 6.45. The van der Waals surface area contributed by atoms with Crippen LogP contribution in [0.5, 0.6) is 5.75 Å². The van der Waals surface area contributed by atoms with Crippen LogP contribution >= 0.6 is 0 Å². The van der Waals surface area contributed by atoms with Crippen molar-refractivity contribution in [2.24, 2.45) is 5.73 Å². The van der Waals surface area contributed by atoms with Gasteiger partial charge in [0.05, 0.1) is 0 Å². The zero-order chi connectivity index (χ0) is 13.8. The second-order valence-electron chi connectivity index (χ2n) is 4.54. The van der Waals surface area contributed by atoms with E-state index in [2.05, 4.69) is 22.2 Å². The molecule has 0 spiro atoms. The monoisotopic (exact) mass is 260 g/mol. The fraction of sp³-hybridized carbons (Fsp3) is 0.429. The summed E-state index contributed by atoms with van der Waals surface area (Å²) in [4.78, 5) is 4.20. The van der Waals surface area contributed by atoms with Crippen molar-refractivity contribution in [1.82, 2.24) is 14.8 Å². The Balaban J connectivity index is 2.16. The van der Waals surface area contributed by atoms with Crippen LogP contribution in [-0.4, -0.2) is 14.8 Å². The first-order valence-electron chi connectivity index (χ1n) is 6.45. The predicted octanol–water partition coefficient (Wildman–Crippen LogP) is 1.95. The van der Waals surface area contributed by atoms with Gasteiger partial charge in [-0.2, -0.15) is 5.10 Å². The van der Waals surface area contributed by atoms with E-state index in [-0.39, 0.29) is 0 Å². The SMILES string of the molecule is CCn1ncnc1COc1c(C)cc(CN)cc1C. The van der Waals surface area contributed by atoms with E-state index in [1.807, 2.05) is 25.5 Å². The third kappa shape index (κ3) is 2.93. The number of hydrogen-bond acceptors (Lipinski definition) is 4. The molecule has 2 rings (SSSR count). The minimum Gasteiger partial charge on any atom is -0.485 e. The molecular weight excluding hydrogens is 240 g/mol. The fourth-order valence-electron chi connectivity index (χ4n) is 2.19. The van der Waals surface area contributed by atoms with Crippen molar-refractivity contribution in [3.8, 4) is 5.75 Å². The minimum atomic E-state index is 0.428. The quantitative estimate of drug-likeness (QED) is 0.892. The van der Waals surface area contributed by atoms with Gasteiger partial charge in [-0.1, -0.05) is 12.1 Å². The summed E-state index contributed by atoms with van der Waals surface area (Å²) in [6.45, 7) is 7.87. The maximum atomic E-state index is 5.89. The van der Waals surface area contributed by atoms with Crippen molar-refractivity contribution in [3.05, 3.63) is 41.0 Å². The Hall–Kier alpha value is -1.88. The molecule has 2 aromatic rings. The second-order valence-corrected chi connectivity index (χ2v) is 4.54. The van der Waals surface area contributed by atoms with E-state index in [0.717, 1.165) is 34.8 Å². The van der Waals surface area contributed by atoms with Crippen molar-refractivity contribution in [1.29, 1.82) is 0 Å². The zero-order valence-corrected chi connectivity index (χ0v) is 11.7. The number of aromatic nitrogens is 3. The highest BCUT2D eigenvalue weighted by atomic mass is 16.5. The molecule has 0 fully saturated rings. The maximum absolute atomic E-state index is 5.89. The lowest BCUT2D eigenvalue weighted by Crippen LogP contribution is -2.08. The molecule has 0 radical (unpaired) electrons. The summed E-state index contributed by atoms with van der Waals surface area (Å²) in [6.07, 6.45) is 1.55. The second kappa shape index (κ2) is 5.84. The van der Waals surface area contributed by atoms with Crippen LogP contribution in [0.2, 0.25) is 0 Å². The van der Waals surface area contributed by atoms with Gasteiger partial charge < -0.3 is 10.5 Å². The van der Waals surface area contributed by atoms with Gasteiger partial charge in [0.2, 0.25) is 0 Å². The zero-order valence-electron chi connectivity index (χ0n) is 11.7. The molecule has 1 heterocycles. The van der Waals surface area contributed by atoms with Crippen LogP contribution < -0.4 is 10.5 Å². The summed E-state index contributed by atoms with van der Waals surface area (Å²) in [5, 5.41) is 4.13. The lowest BCUT2D eigenvalue weighted by molar-refractivity contribution is 0.283. The third-order valence-electron chi connectivity index (χ3n) is 3.10. The summed E-state index contributed by atoms with van der Waals surface area (Å²) in [5.41, 5.74) is 8.99. The van der Waals surface area contributed by atoms with Crippen LogP contribution in [0.25, 0.3) is 0 Å². The Bertz CT molecular complexity index is 539. The fourth-order valence-corrected chi connectivity index (χ4v) is 2.19. The minimum absolute atomic E-state index is 0.428. The molecule has 0 amide bonds. The highest BCUT2D eigenvalue weighted by Gasteiger charge is 2.09. The Morgan fingerprint density at radius 2 is 1.95 bits per heavy atom. The van der Waals surface area contributed by atoms with Crippen molar-refractivity contribution in [2.45, 2.75) is 40.5 Å². The Kier molecular flexibility index (Phi) is 4.16. The smallest absolute Gasteiger partial charge is 0.164 e. The number of nitrogens with zero attached hydrogens (tertiary/aromatic N) is 3. The summed E-state index contributed by atoms with van der Waals surface area (Å²) in [5.74, 6) is 1.74. The van der Waals surface area contributed by atoms with Crippen molar-refractivity contribution in [3.63, 3.8) is 0 Å². The predicted molar refractivity (Wildman–Crippen MR) is 73.8 cm³/mol. The number of hydrogen-bond donors (Lipinski definition) is 1. The molecular formula is C14H20N4O. The van der Waals surface area contributed by atoms with Gasteiger partial charge in [-0.15, -0.1) is 0 Å². The van der Waals surface area contributed by atoms with Crippen molar-refractivity contribution in [2.75, 3.05) is 0 Å². The molecule has 1 aromatic heterocycles. The van der Waals surface area contributed by atoms with Crippen LogP contribution in [0.15, 0.2) is 18.5 Å². The molecule has 0 aliphatic rings. The van der Waals surface area contributed by atoms with Gasteiger partial charge in [-0.3, -0.25) is 0 Å². The largest absolute Gasteiger partial charge is 0.485 e. The van der Waals surface area contributed by atoms with Gasteiger partial charge in [0.15, 0.2) is 5.82 Å². The maximum Gasteiger partial charge on any atom is 0.164 e. The molecule has 5 nitrogen and oxygen atoms in total. The highest BCUT2D eigenvalue weighted by Crippen LogP contribution is 2.25. The van der Waals surface area contributed by atoms with E-state index in [0.29, 0.717) is 13.2 Å². The van der Waals surface area contributed by atoms with Crippen LogP contribution in [0.4, 0.5) is 0 Å². The number of rotatable bonds is 5. The Morgan fingerprint density at radius 3 is 2.53 bits per heavy atom. The molecule has 0 unspecified atom stereocenters. The number of ether oxygens (including phenoxy) is 1. The summed E-state index contributed by atoms with van der Waals surface area (Å²) >= 11 is 0. The number of benzene rings is 1. The molecule has 0 aliphatic carbocycles. The molecule has 5 heteroatoms. The molecule has 0 atom stereocenters. The molecule has 2 N–H and O–H groups in total. The van der Waals surface area contributed by atoms with Crippen LogP contribution in [0.3, 0.4) is 0 Å². The van der Waals surface area contributed by atoms with E-state index in [9.17, 15) is 0 Å². The normalized spacial score (nSPS) is 10.7. The van der Waals surface area contributed by atoms with E-state index in [1.54, 1.807) is 6.33 Å². The van der Waals surface area contributed by atoms with Crippen molar-refractivity contribution >= 4 is 0 Å². The van der Waals surface area contributed by atoms with Gasteiger partial charge in [0.25, 0.3) is 0 Å². The Morgan fingerprint density at radius 1 is 1.26 bits per heavy atom. The van der Waals surface area contributed by atoms with E-state index in [4.69, 9.17) is 10.5 Å². The van der Waals surface area contributed by atoms with Gasteiger partial charge in [-0.05, 0) is 37.5 Å². The molecule has 0 aliphatic heterocycles. The van der Waals surface area contributed by atoms with E-state index in [1.165, 1.54) is 0 Å². The highest BCUT2D eigenvalue weighted by molar-refractivity contribution is 5.43. The van der Waals surface area contributed by atoms with Crippen LogP contribution in [0, 0.1) is 13.8 Å². The molecule has 0 saturated carbocycles. The van der Waals surface area contributed by atoms with Gasteiger partial charge >= 0.3 is 0 Å². The lowest BCUT2D eigenvalue weighted by Gasteiger charge is -2.13. The summed E-state index contributed by atoms with van der Waals surface area (Å²) in [7, 11) is 0. The van der Waals surface area contributed by atoms with Crippen LogP contribution in [-0.2, 0) is 19.7 Å². The van der Waals surface area contributed by atoms with Gasteiger partial charge in [0.1, 0.15) is 18.7 Å². The lowest BCUT2D eigenvalue weighted by atomic mass is 10.1. The van der Waals surface area contributed by atoms with E-state index >= 15 is 0 Å². The third-order valence-corrected chi connectivity index (χ3v) is 3.10. The molecule has 19 heavy (non-hydrogen) atoms. The van der Waals surface area contributed by atoms with Gasteiger partial charge in [0, 0.05) is 13.1 Å². The first kappa shape index (κ1) is 13.5. The topological polar surface area (TPSA) is 66.0 Å². The first-order chi connectivity index (χ1) is 9.15. The van der Waals surface area contributed by atoms with Crippen molar-refractivity contribution < 1.29 is 4.74 Å². The van der Waals surface area contributed by atoms with Gasteiger partial charge in [-0.25, -0.2) is 9.67 Å². The molecule has 1 aromatic carbocycles. The molecule has 102 valence electrons. The van der Waals surface area contributed by atoms with E-state index < -0.39 is 0 Å². The number of nitrogens with two attached hydrogens (primary N) is 1. The summed E-state index contributed by atoms with van der Waals surface area (Å²) < 4.78 is 7.72. The average Bonchev–Trinajstić information content (AvgIpc) is 2.85. The number of aryl methyl sites for hydroxylation is 3. The molecule has 0 bridgehead atoms. The Labute approximate surface area is 113 Å².